The van der Waals surface area contributed by atoms with Gasteiger partial charge in [-0.2, -0.15) is 0 Å². The van der Waals surface area contributed by atoms with Gasteiger partial charge in [0.15, 0.2) is 11.5 Å². The molecule has 5 nitrogen and oxygen atoms in total. The Hall–Kier alpha value is -2.01. The number of rotatable bonds is 3. The first-order chi connectivity index (χ1) is 9.20. The number of phenols is 1. The number of hydrogen-bond acceptors (Lipinski definition) is 4. The normalized spacial score (nSPS) is 15.7. The van der Waals surface area contributed by atoms with Gasteiger partial charge < -0.3 is 19.5 Å². The average molecular weight is 263 g/mol. The number of amides is 1. The van der Waals surface area contributed by atoms with E-state index in [0.29, 0.717) is 32.1 Å². The maximum absolute atomic E-state index is 11.9. The second-order valence-electron chi connectivity index (χ2n) is 4.20. The summed E-state index contributed by atoms with van der Waals surface area (Å²) in [6, 6.07) is 5.00. The lowest BCUT2D eigenvalue weighted by Gasteiger charge is -2.25. The van der Waals surface area contributed by atoms with Crippen molar-refractivity contribution in [2.45, 2.75) is 0 Å². The molecule has 0 bridgehead atoms. The van der Waals surface area contributed by atoms with E-state index in [-0.39, 0.29) is 11.7 Å². The van der Waals surface area contributed by atoms with Crippen molar-refractivity contribution in [1.82, 2.24) is 4.90 Å². The van der Waals surface area contributed by atoms with Gasteiger partial charge in [-0.1, -0.05) is 6.07 Å². The van der Waals surface area contributed by atoms with Crippen LogP contribution >= 0.6 is 0 Å². The van der Waals surface area contributed by atoms with Gasteiger partial charge in [-0.05, 0) is 23.8 Å². The van der Waals surface area contributed by atoms with Crippen molar-refractivity contribution in [3.05, 3.63) is 29.8 Å². The van der Waals surface area contributed by atoms with Crippen LogP contribution in [-0.2, 0) is 9.53 Å². The highest BCUT2D eigenvalue weighted by atomic mass is 16.5. The van der Waals surface area contributed by atoms with E-state index in [1.165, 1.54) is 13.2 Å². The molecule has 0 aliphatic carbocycles. The van der Waals surface area contributed by atoms with Gasteiger partial charge in [-0.15, -0.1) is 0 Å². The fourth-order valence-corrected chi connectivity index (χ4v) is 1.87. The smallest absolute Gasteiger partial charge is 0.246 e. The van der Waals surface area contributed by atoms with Crippen LogP contribution in [0.4, 0.5) is 0 Å². The zero-order chi connectivity index (χ0) is 13.7. The molecule has 2 rings (SSSR count). The molecule has 19 heavy (non-hydrogen) atoms. The fraction of sp³-hybridized carbons (Fsp3) is 0.357. The first kappa shape index (κ1) is 13.4. The third kappa shape index (κ3) is 3.48. The standard InChI is InChI=1S/C14H17NO4/c1-18-13-4-2-11(10-12(13)16)3-5-14(17)15-6-8-19-9-7-15/h2-5,10,16H,6-9H2,1H3/b5-3+. The van der Waals surface area contributed by atoms with E-state index in [1.54, 1.807) is 29.2 Å². The minimum absolute atomic E-state index is 0.0430. The van der Waals surface area contributed by atoms with Gasteiger partial charge in [0.25, 0.3) is 0 Å². The highest BCUT2D eigenvalue weighted by Crippen LogP contribution is 2.26. The number of benzene rings is 1. The topological polar surface area (TPSA) is 59.0 Å². The molecule has 1 N–H and O–H groups in total. The first-order valence-corrected chi connectivity index (χ1v) is 6.12. The predicted molar refractivity (Wildman–Crippen MR) is 71.1 cm³/mol. The second-order valence-corrected chi connectivity index (χ2v) is 4.20. The minimum Gasteiger partial charge on any atom is -0.504 e. The number of phenolic OH excluding ortho intramolecular Hbond substituents is 1. The third-order valence-electron chi connectivity index (χ3n) is 2.94. The summed E-state index contributed by atoms with van der Waals surface area (Å²) in [5.74, 6) is 0.429. The summed E-state index contributed by atoms with van der Waals surface area (Å²) >= 11 is 0. The van der Waals surface area contributed by atoms with Crippen molar-refractivity contribution in [3.63, 3.8) is 0 Å². The second kappa shape index (κ2) is 6.24. The van der Waals surface area contributed by atoms with E-state index >= 15 is 0 Å². The first-order valence-electron chi connectivity index (χ1n) is 6.12. The molecule has 0 aromatic heterocycles. The summed E-state index contributed by atoms with van der Waals surface area (Å²) in [4.78, 5) is 13.6. The number of aromatic hydroxyl groups is 1. The summed E-state index contributed by atoms with van der Waals surface area (Å²) in [7, 11) is 1.49. The molecule has 1 amide bonds. The number of methoxy groups -OCH3 is 1. The Bertz CT molecular complexity index is 478. The summed E-state index contributed by atoms with van der Waals surface area (Å²) in [6.45, 7) is 2.42. The summed E-state index contributed by atoms with van der Waals surface area (Å²) in [5, 5.41) is 9.63. The molecule has 0 radical (unpaired) electrons. The van der Waals surface area contributed by atoms with Gasteiger partial charge >= 0.3 is 0 Å². The molecule has 0 saturated carbocycles. The largest absolute Gasteiger partial charge is 0.504 e. The predicted octanol–water partition coefficient (Wildman–Crippen LogP) is 1.27. The molecule has 1 aliphatic heterocycles. The molecule has 1 aliphatic rings. The lowest BCUT2D eigenvalue weighted by molar-refractivity contribution is -0.129. The Kier molecular flexibility index (Phi) is 4.41. The molecular formula is C14H17NO4. The Morgan fingerprint density at radius 3 is 2.79 bits per heavy atom. The van der Waals surface area contributed by atoms with Crippen molar-refractivity contribution in [3.8, 4) is 11.5 Å². The molecule has 0 spiro atoms. The maximum Gasteiger partial charge on any atom is 0.246 e. The van der Waals surface area contributed by atoms with E-state index in [4.69, 9.17) is 9.47 Å². The number of carbonyl (C=O) groups is 1. The number of carbonyl (C=O) groups excluding carboxylic acids is 1. The third-order valence-corrected chi connectivity index (χ3v) is 2.94. The molecular weight excluding hydrogens is 246 g/mol. The molecule has 102 valence electrons. The SMILES string of the molecule is COc1ccc(/C=C/C(=O)N2CCOCC2)cc1O. The number of ether oxygens (including phenoxy) is 2. The number of morpholine rings is 1. The fourth-order valence-electron chi connectivity index (χ4n) is 1.87. The van der Waals surface area contributed by atoms with Crippen LogP contribution in [-0.4, -0.2) is 49.3 Å². The highest BCUT2D eigenvalue weighted by Gasteiger charge is 2.13. The zero-order valence-corrected chi connectivity index (χ0v) is 10.8. The molecule has 1 heterocycles. The molecule has 0 unspecified atom stereocenters. The van der Waals surface area contributed by atoms with Crippen LogP contribution in [0.15, 0.2) is 24.3 Å². The van der Waals surface area contributed by atoms with Crippen molar-refractivity contribution >= 4 is 12.0 Å². The Labute approximate surface area is 112 Å². The van der Waals surface area contributed by atoms with Gasteiger partial charge in [-0.25, -0.2) is 0 Å². The minimum atomic E-state index is -0.0430. The van der Waals surface area contributed by atoms with Crippen molar-refractivity contribution in [2.75, 3.05) is 33.4 Å². The van der Waals surface area contributed by atoms with Gasteiger partial charge in [0.2, 0.25) is 5.91 Å². The van der Waals surface area contributed by atoms with Crippen LogP contribution in [0.25, 0.3) is 6.08 Å². The lowest BCUT2D eigenvalue weighted by Crippen LogP contribution is -2.39. The van der Waals surface area contributed by atoms with Crippen LogP contribution in [0.2, 0.25) is 0 Å². The van der Waals surface area contributed by atoms with Crippen molar-refractivity contribution in [2.24, 2.45) is 0 Å². The average Bonchev–Trinajstić information content (AvgIpc) is 2.46. The van der Waals surface area contributed by atoms with Crippen molar-refractivity contribution < 1.29 is 19.4 Å². The zero-order valence-electron chi connectivity index (χ0n) is 10.8. The van der Waals surface area contributed by atoms with Gasteiger partial charge in [-0.3, -0.25) is 4.79 Å². The Morgan fingerprint density at radius 2 is 2.16 bits per heavy atom. The number of hydrogen-bond donors (Lipinski definition) is 1. The van der Waals surface area contributed by atoms with Crippen LogP contribution in [0.5, 0.6) is 11.5 Å². The van der Waals surface area contributed by atoms with Gasteiger partial charge in [0.05, 0.1) is 20.3 Å². The molecule has 1 fully saturated rings. The van der Waals surface area contributed by atoms with Crippen LogP contribution in [0.3, 0.4) is 0 Å². The molecule has 1 saturated heterocycles. The Morgan fingerprint density at radius 1 is 1.42 bits per heavy atom. The van der Waals surface area contributed by atoms with E-state index in [9.17, 15) is 9.90 Å². The van der Waals surface area contributed by atoms with E-state index in [0.717, 1.165) is 5.56 Å². The van der Waals surface area contributed by atoms with Crippen molar-refractivity contribution in [1.29, 1.82) is 0 Å². The van der Waals surface area contributed by atoms with Crippen LogP contribution in [0, 0.1) is 0 Å². The molecule has 1 aromatic rings. The summed E-state index contributed by atoms with van der Waals surface area (Å²) in [5.41, 5.74) is 0.750. The summed E-state index contributed by atoms with van der Waals surface area (Å²) in [6.07, 6.45) is 3.18. The lowest BCUT2D eigenvalue weighted by atomic mass is 10.2. The Balaban J connectivity index is 2.01. The van der Waals surface area contributed by atoms with Gasteiger partial charge in [0.1, 0.15) is 0 Å². The van der Waals surface area contributed by atoms with E-state index in [2.05, 4.69) is 0 Å². The summed E-state index contributed by atoms with van der Waals surface area (Å²) < 4.78 is 10.1. The highest BCUT2D eigenvalue weighted by molar-refractivity contribution is 5.91. The molecule has 5 heteroatoms. The van der Waals surface area contributed by atoms with Gasteiger partial charge in [0, 0.05) is 19.2 Å². The monoisotopic (exact) mass is 263 g/mol. The van der Waals surface area contributed by atoms with Crippen LogP contribution in [0.1, 0.15) is 5.56 Å². The number of nitrogens with zero attached hydrogens (tertiary/aromatic N) is 1. The van der Waals surface area contributed by atoms with Crippen LogP contribution < -0.4 is 4.74 Å². The van der Waals surface area contributed by atoms with E-state index < -0.39 is 0 Å². The molecule has 0 atom stereocenters. The maximum atomic E-state index is 11.9. The van der Waals surface area contributed by atoms with E-state index in [1.807, 2.05) is 0 Å². The molecule has 1 aromatic carbocycles. The quantitative estimate of drug-likeness (QED) is 0.834.